The molecule has 0 aliphatic carbocycles. The van der Waals surface area contributed by atoms with Crippen molar-refractivity contribution in [3.05, 3.63) is 65.0 Å². The van der Waals surface area contributed by atoms with E-state index in [-0.39, 0.29) is 6.61 Å². The SMILES string of the molecule is C/C=C/c1ccc(OCc2nc(-c3ccc(Cl)cc3)no2)c(OC)c1. The van der Waals surface area contributed by atoms with Crippen LogP contribution in [0.4, 0.5) is 0 Å². The molecule has 0 N–H and O–H groups in total. The molecule has 0 aliphatic rings. The number of hydrogen-bond acceptors (Lipinski definition) is 5. The van der Waals surface area contributed by atoms with E-state index in [0.717, 1.165) is 11.1 Å². The molecule has 0 saturated heterocycles. The molecule has 5 nitrogen and oxygen atoms in total. The van der Waals surface area contributed by atoms with Gasteiger partial charge >= 0.3 is 0 Å². The van der Waals surface area contributed by atoms with E-state index in [1.54, 1.807) is 19.2 Å². The van der Waals surface area contributed by atoms with Gasteiger partial charge in [0, 0.05) is 10.6 Å². The summed E-state index contributed by atoms with van der Waals surface area (Å²) in [6.45, 7) is 2.12. The van der Waals surface area contributed by atoms with E-state index in [9.17, 15) is 0 Å². The number of aromatic nitrogens is 2. The fraction of sp³-hybridized carbons (Fsp3) is 0.158. The largest absolute Gasteiger partial charge is 0.493 e. The monoisotopic (exact) mass is 356 g/mol. The van der Waals surface area contributed by atoms with Crippen molar-refractivity contribution in [2.75, 3.05) is 7.11 Å². The Kier molecular flexibility index (Phi) is 5.36. The van der Waals surface area contributed by atoms with Crippen molar-refractivity contribution in [3.63, 3.8) is 0 Å². The first kappa shape index (κ1) is 17.0. The first-order chi connectivity index (χ1) is 12.2. The van der Waals surface area contributed by atoms with E-state index >= 15 is 0 Å². The Hall–Kier alpha value is -2.79. The highest BCUT2D eigenvalue weighted by atomic mass is 35.5. The molecular weight excluding hydrogens is 340 g/mol. The van der Waals surface area contributed by atoms with Gasteiger partial charge in [-0.15, -0.1) is 0 Å². The predicted octanol–water partition coefficient (Wildman–Crippen LogP) is 5.01. The molecular formula is C19H17ClN2O3. The van der Waals surface area contributed by atoms with Crippen molar-refractivity contribution in [2.24, 2.45) is 0 Å². The lowest BCUT2D eigenvalue weighted by molar-refractivity contribution is 0.233. The summed E-state index contributed by atoms with van der Waals surface area (Å²) < 4.78 is 16.4. The predicted molar refractivity (Wildman–Crippen MR) is 96.8 cm³/mol. The lowest BCUT2D eigenvalue weighted by Gasteiger charge is -2.09. The van der Waals surface area contributed by atoms with Crippen molar-refractivity contribution in [1.29, 1.82) is 0 Å². The minimum absolute atomic E-state index is 0.153. The summed E-state index contributed by atoms with van der Waals surface area (Å²) >= 11 is 5.88. The van der Waals surface area contributed by atoms with Crippen molar-refractivity contribution >= 4 is 17.7 Å². The van der Waals surface area contributed by atoms with Gasteiger partial charge < -0.3 is 14.0 Å². The molecule has 1 aromatic heterocycles. The summed E-state index contributed by atoms with van der Waals surface area (Å²) in [7, 11) is 1.60. The molecule has 2 aromatic carbocycles. The van der Waals surface area contributed by atoms with Crippen LogP contribution in [-0.4, -0.2) is 17.3 Å². The normalized spacial score (nSPS) is 11.0. The van der Waals surface area contributed by atoms with Crippen LogP contribution < -0.4 is 9.47 Å². The third-order valence-electron chi connectivity index (χ3n) is 3.47. The summed E-state index contributed by atoms with van der Waals surface area (Å²) in [4.78, 5) is 4.33. The third kappa shape index (κ3) is 4.19. The molecule has 25 heavy (non-hydrogen) atoms. The number of benzene rings is 2. The summed E-state index contributed by atoms with van der Waals surface area (Å²) in [5.41, 5.74) is 1.86. The molecule has 0 saturated carbocycles. The summed E-state index contributed by atoms with van der Waals surface area (Å²) in [6, 6.07) is 12.9. The molecule has 0 unspecified atom stereocenters. The Balaban J connectivity index is 1.71. The Labute approximate surface area is 150 Å². The Morgan fingerprint density at radius 3 is 2.64 bits per heavy atom. The van der Waals surface area contributed by atoms with Crippen LogP contribution in [0.5, 0.6) is 11.5 Å². The lowest BCUT2D eigenvalue weighted by Crippen LogP contribution is -1.98. The Morgan fingerprint density at radius 1 is 1.12 bits per heavy atom. The van der Waals surface area contributed by atoms with Crippen LogP contribution in [0.1, 0.15) is 18.4 Å². The molecule has 6 heteroatoms. The zero-order chi connectivity index (χ0) is 17.6. The van der Waals surface area contributed by atoms with E-state index in [0.29, 0.717) is 28.2 Å². The minimum Gasteiger partial charge on any atom is -0.493 e. The van der Waals surface area contributed by atoms with Gasteiger partial charge in [-0.05, 0) is 48.9 Å². The quantitative estimate of drug-likeness (QED) is 0.621. The number of nitrogens with zero attached hydrogens (tertiary/aromatic N) is 2. The Bertz CT molecular complexity index is 873. The highest BCUT2D eigenvalue weighted by Gasteiger charge is 2.11. The zero-order valence-electron chi connectivity index (χ0n) is 13.9. The standard InChI is InChI=1S/C19H17ClN2O3/c1-3-4-13-5-10-16(17(11-13)23-2)24-12-18-21-19(22-25-18)14-6-8-15(20)9-7-14/h3-11H,12H2,1-2H3/b4-3+. The highest BCUT2D eigenvalue weighted by Crippen LogP contribution is 2.29. The van der Waals surface area contributed by atoms with Crippen molar-refractivity contribution in [3.8, 4) is 22.9 Å². The first-order valence-corrected chi connectivity index (χ1v) is 8.09. The van der Waals surface area contributed by atoms with Crippen LogP contribution in [0.2, 0.25) is 5.02 Å². The number of allylic oxidation sites excluding steroid dienone is 1. The molecule has 128 valence electrons. The first-order valence-electron chi connectivity index (χ1n) is 7.71. The fourth-order valence-corrected chi connectivity index (χ4v) is 2.39. The van der Waals surface area contributed by atoms with Gasteiger partial charge in [-0.2, -0.15) is 4.98 Å². The fourth-order valence-electron chi connectivity index (χ4n) is 2.27. The van der Waals surface area contributed by atoms with Gasteiger partial charge in [0.25, 0.3) is 5.89 Å². The Morgan fingerprint density at radius 2 is 1.92 bits per heavy atom. The van der Waals surface area contributed by atoms with E-state index in [1.165, 1.54) is 0 Å². The molecule has 3 rings (SSSR count). The van der Waals surface area contributed by atoms with E-state index < -0.39 is 0 Å². The maximum absolute atomic E-state index is 5.88. The number of methoxy groups -OCH3 is 1. The van der Waals surface area contributed by atoms with Gasteiger partial charge in [0.05, 0.1) is 7.11 Å². The maximum Gasteiger partial charge on any atom is 0.264 e. The average Bonchev–Trinajstić information content (AvgIpc) is 3.10. The van der Waals surface area contributed by atoms with Crippen LogP contribution in [0.3, 0.4) is 0 Å². The minimum atomic E-state index is 0.153. The highest BCUT2D eigenvalue weighted by molar-refractivity contribution is 6.30. The van der Waals surface area contributed by atoms with Gasteiger partial charge in [-0.25, -0.2) is 0 Å². The van der Waals surface area contributed by atoms with Crippen LogP contribution in [-0.2, 0) is 6.61 Å². The molecule has 0 radical (unpaired) electrons. The number of rotatable bonds is 6. The van der Waals surface area contributed by atoms with Crippen molar-refractivity contribution in [1.82, 2.24) is 10.1 Å². The molecule has 0 fully saturated rings. The van der Waals surface area contributed by atoms with Gasteiger partial charge in [0.15, 0.2) is 18.1 Å². The second kappa shape index (κ2) is 7.85. The van der Waals surface area contributed by atoms with Crippen LogP contribution >= 0.6 is 11.6 Å². The summed E-state index contributed by atoms with van der Waals surface area (Å²) in [6.07, 6.45) is 3.95. The van der Waals surface area contributed by atoms with Gasteiger partial charge in [-0.3, -0.25) is 0 Å². The lowest BCUT2D eigenvalue weighted by atomic mass is 10.2. The maximum atomic E-state index is 5.88. The van der Waals surface area contributed by atoms with Gasteiger partial charge in [-0.1, -0.05) is 35.0 Å². The van der Waals surface area contributed by atoms with Gasteiger partial charge in [0.1, 0.15) is 0 Å². The number of hydrogen-bond donors (Lipinski definition) is 0. The molecule has 0 atom stereocenters. The average molecular weight is 357 g/mol. The zero-order valence-corrected chi connectivity index (χ0v) is 14.7. The molecule has 1 heterocycles. The molecule has 0 bridgehead atoms. The van der Waals surface area contributed by atoms with Crippen molar-refractivity contribution in [2.45, 2.75) is 13.5 Å². The summed E-state index contributed by atoms with van der Waals surface area (Å²) in [5, 5.41) is 4.62. The topological polar surface area (TPSA) is 57.4 Å². The smallest absolute Gasteiger partial charge is 0.264 e. The molecule has 3 aromatic rings. The van der Waals surface area contributed by atoms with E-state index in [2.05, 4.69) is 10.1 Å². The van der Waals surface area contributed by atoms with Crippen LogP contribution in [0.15, 0.2) is 53.1 Å². The third-order valence-corrected chi connectivity index (χ3v) is 3.72. The van der Waals surface area contributed by atoms with Crippen LogP contribution in [0, 0.1) is 0 Å². The van der Waals surface area contributed by atoms with Crippen molar-refractivity contribution < 1.29 is 14.0 Å². The van der Waals surface area contributed by atoms with E-state index in [1.807, 2.05) is 49.4 Å². The summed E-state index contributed by atoms with van der Waals surface area (Å²) in [5.74, 6) is 2.13. The molecule has 0 aliphatic heterocycles. The number of ether oxygens (including phenoxy) is 2. The second-order valence-corrected chi connectivity index (χ2v) is 5.65. The van der Waals surface area contributed by atoms with Crippen LogP contribution in [0.25, 0.3) is 17.5 Å². The van der Waals surface area contributed by atoms with Gasteiger partial charge in [0.2, 0.25) is 5.82 Å². The second-order valence-electron chi connectivity index (χ2n) is 5.22. The van der Waals surface area contributed by atoms with E-state index in [4.69, 9.17) is 25.6 Å². The molecule has 0 amide bonds. The molecule has 0 spiro atoms. The number of halogens is 1.